The van der Waals surface area contributed by atoms with Gasteiger partial charge in [0.25, 0.3) is 0 Å². The molecule has 6 heteroatoms. The minimum absolute atomic E-state index is 0.00909. The molecule has 32 heavy (non-hydrogen) atoms. The monoisotopic (exact) mass is 452 g/mol. The summed E-state index contributed by atoms with van der Waals surface area (Å²) in [4.78, 5) is 1.97. The molecule has 3 aromatic rings. The normalized spacial score (nSPS) is 16.2. The second-order valence-electron chi connectivity index (χ2n) is 8.17. The molecule has 1 aliphatic rings. The van der Waals surface area contributed by atoms with E-state index in [0.717, 1.165) is 33.6 Å². The third-order valence-electron chi connectivity index (χ3n) is 5.98. The number of benzene rings is 3. The van der Waals surface area contributed by atoms with Crippen molar-refractivity contribution in [2.45, 2.75) is 18.4 Å². The molecule has 4 rings (SSSR count). The van der Waals surface area contributed by atoms with Crippen LogP contribution >= 0.6 is 11.6 Å². The molecule has 0 amide bonds. The van der Waals surface area contributed by atoms with Crippen molar-refractivity contribution in [2.24, 2.45) is 0 Å². The lowest BCUT2D eigenvalue weighted by atomic mass is 9.83. The van der Waals surface area contributed by atoms with Gasteiger partial charge >= 0.3 is 0 Å². The number of nitrogens with one attached hydrogen (secondary N) is 1. The van der Waals surface area contributed by atoms with Gasteiger partial charge in [0.2, 0.25) is 0 Å². The van der Waals surface area contributed by atoms with Crippen molar-refractivity contribution in [1.82, 2.24) is 0 Å². The lowest BCUT2D eigenvalue weighted by molar-refractivity contribution is 0.184. The first kappa shape index (κ1) is 22.6. The van der Waals surface area contributed by atoms with Crippen LogP contribution in [0.3, 0.4) is 0 Å². The van der Waals surface area contributed by atoms with E-state index in [9.17, 15) is 15.3 Å². The fourth-order valence-corrected chi connectivity index (χ4v) is 4.54. The van der Waals surface area contributed by atoms with Crippen LogP contribution in [-0.4, -0.2) is 54.3 Å². The Labute approximate surface area is 193 Å². The molecule has 3 aromatic carbocycles. The number of fused-ring (bicyclic) bond motifs is 1. The van der Waals surface area contributed by atoms with Gasteiger partial charge in [-0.1, -0.05) is 48.0 Å². The molecule has 0 saturated heterocycles. The van der Waals surface area contributed by atoms with Crippen molar-refractivity contribution in [3.8, 4) is 0 Å². The fraction of sp³-hybridized carbons (Fsp3) is 0.308. The number of hydrogen-bond acceptors (Lipinski definition) is 5. The summed E-state index contributed by atoms with van der Waals surface area (Å²) in [7, 11) is 0. The highest BCUT2D eigenvalue weighted by Gasteiger charge is 2.21. The van der Waals surface area contributed by atoms with Crippen LogP contribution in [0.4, 0.5) is 11.4 Å². The Balaban J connectivity index is 1.72. The quantitative estimate of drug-likeness (QED) is 0.393. The van der Waals surface area contributed by atoms with Crippen LogP contribution < -0.4 is 10.2 Å². The predicted octanol–water partition coefficient (Wildman–Crippen LogP) is 3.64. The van der Waals surface area contributed by atoms with Crippen molar-refractivity contribution in [3.63, 3.8) is 0 Å². The standard InChI is InChI=1S/C26H29ClN2O3/c27-22-6-1-18(2-7-22)26(20-5-10-25-21(15-20)16-24(32)17-28-25)19-3-8-23(9-4-19)29(11-13-30)12-14-31/h1-10,15,24,26,28,30-32H,11-14,16-17H2. The van der Waals surface area contributed by atoms with E-state index >= 15 is 0 Å². The molecule has 4 N–H and O–H groups in total. The Morgan fingerprint density at radius 1 is 0.875 bits per heavy atom. The van der Waals surface area contributed by atoms with Crippen molar-refractivity contribution < 1.29 is 15.3 Å². The summed E-state index contributed by atoms with van der Waals surface area (Å²) in [6, 6.07) is 22.6. The maximum absolute atomic E-state index is 10.1. The Hall–Kier alpha value is -2.57. The molecule has 1 aliphatic heterocycles. The Morgan fingerprint density at radius 2 is 1.47 bits per heavy atom. The van der Waals surface area contributed by atoms with Gasteiger partial charge in [-0.2, -0.15) is 0 Å². The van der Waals surface area contributed by atoms with Gasteiger partial charge in [0.1, 0.15) is 0 Å². The van der Waals surface area contributed by atoms with Crippen LogP contribution in [0, 0.1) is 0 Å². The zero-order chi connectivity index (χ0) is 22.5. The first-order chi connectivity index (χ1) is 15.6. The Morgan fingerprint density at radius 3 is 2.09 bits per heavy atom. The summed E-state index contributed by atoms with van der Waals surface area (Å²) in [6.07, 6.45) is 0.259. The highest BCUT2D eigenvalue weighted by Crippen LogP contribution is 2.36. The smallest absolute Gasteiger partial charge is 0.0753 e. The molecular formula is C26H29ClN2O3. The van der Waals surface area contributed by atoms with Gasteiger partial charge in [-0.3, -0.25) is 0 Å². The maximum Gasteiger partial charge on any atom is 0.0753 e. The van der Waals surface area contributed by atoms with Gasteiger partial charge < -0.3 is 25.5 Å². The predicted molar refractivity (Wildman–Crippen MR) is 130 cm³/mol. The molecule has 0 bridgehead atoms. The molecule has 0 aromatic heterocycles. The molecule has 0 fully saturated rings. The van der Waals surface area contributed by atoms with Crippen molar-refractivity contribution in [1.29, 1.82) is 0 Å². The second kappa shape index (κ2) is 10.4. The highest BCUT2D eigenvalue weighted by atomic mass is 35.5. The third-order valence-corrected chi connectivity index (χ3v) is 6.23. The topological polar surface area (TPSA) is 76.0 Å². The van der Waals surface area contributed by atoms with Crippen LogP contribution in [0.25, 0.3) is 0 Å². The SMILES string of the molecule is OCCN(CCO)c1ccc(C(c2ccc(Cl)cc2)c2ccc3c(c2)CC(O)CN3)cc1. The molecule has 0 saturated carbocycles. The first-order valence-corrected chi connectivity index (χ1v) is 11.3. The molecule has 0 radical (unpaired) electrons. The number of β-amino-alcohol motifs (C(OH)–C–C–N with tert-alkyl or cyclic N) is 1. The van der Waals surface area contributed by atoms with E-state index < -0.39 is 0 Å². The summed E-state index contributed by atoms with van der Waals surface area (Å²) in [5, 5.41) is 32.8. The number of nitrogens with zero attached hydrogens (tertiary/aromatic N) is 1. The maximum atomic E-state index is 10.1. The van der Waals surface area contributed by atoms with Gasteiger partial charge in [-0.25, -0.2) is 0 Å². The fourth-order valence-electron chi connectivity index (χ4n) is 4.41. The van der Waals surface area contributed by atoms with Crippen LogP contribution in [0.2, 0.25) is 5.02 Å². The van der Waals surface area contributed by atoms with Gasteiger partial charge in [0.15, 0.2) is 0 Å². The summed E-state index contributed by atoms with van der Waals surface area (Å²) in [5.41, 5.74) is 6.57. The van der Waals surface area contributed by atoms with Gasteiger partial charge in [0, 0.05) is 48.4 Å². The van der Waals surface area contributed by atoms with Crippen LogP contribution in [0.15, 0.2) is 66.7 Å². The van der Waals surface area contributed by atoms with E-state index in [1.54, 1.807) is 0 Å². The third kappa shape index (κ3) is 5.08. The molecular weight excluding hydrogens is 424 g/mol. The molecule has 2 atom stereocenters. The van der Waals surface area contributed by atoms with E-state index in [0.29, 0.717) is 31.1 Å². The number of halogens is 1. The van der Waals surface area contributed by atoms with Crippen molar-refractivity contribution in [3.05, 3.63) is 94.0 Å². The van der Waals surface area contributed by atoms with Gasteiger partial charge in [-0.05, 0) is 52.6 Å². The molecule has 0 spiro atoms. The van der Waals surface area contributed by atoms with Crippen LogP contribution in [0.1, 0.15) is 28.2 Å². The van der Waals surface area contributed by atoms with Gasteiger partial charge in [-0.15, -0.1) is 0 Å². The highest BCUT2D eigenvalue weighted by molar-refractivity contribution is 6.30. The number of aliphatic hydroxyl groups is 3. The summed E-state index contributed by atoms with van der Waals surface area (Å²) in [6.45, 7) is 1.59. The Kier molecular flexibility index (Phi) is 7.33. The lowest BCUT2D eigenvalue weighted by Gasteiger charge is -2.26. The minimum Gasteiger partial charge on any atom is -0.395 e. The zero-order valence-electron chi connectivity index (χ0n) is 17.9. The Bertz CT molecular complexity index is 1020. The van der Waals surface area contributed by atoms with E-state index in [-0.39, 0.29) is 25.2 Å². The van der Waals surface area contributed by atoms with Gasteiger partial charge in [0.05, 0.1) is 19.3 Å². The number of rotatable bonds is 8. The van der Waals surface area contributed by atoms with E-state index in [4.69, 9.17) is 11.6 Å². The van der Waals surface area contributed by atoms with E-state index in [1.807, 2.05) is 29.2 Å². The summed E-state index contributed by atoms with van der Waals surface area (Å²) >= 11 is 6.15. The molecule has 2 unspecified atom stereocenters. The van der Waals surface area contributed by atoms with Crippen molar-refractivity contribution in [2.75, 3.05) is 43.1 Å². The average molecular weight is 453 g/mol. The lowest BCUT2D eigenvalue weighted by Crippen LogP contribution is -2.29. The van der Waals surface area contributed by atoms with E-state index in [2.05, 4.69) is 47.8 Å². The number of aliphatic hydroxyl groups excluding tert-OH is 3. The largest absolute Gasteiger partial charge is 0.395 e. The van der Waals surface area contributed by atoms with E-state index in [1.165, 1.54) is 0 Å². The average Bonchev–Trinajstić information content (AvgIpc) is 2.80. The van der Waals surface area contributed by atoms with Crippen LogP contribution in [-0.2, 0) is 6.42 Å². The molecule has 1 heterocycles. The molecule has 0 aliphatic carbocycles. The number of anilines is 2. The van der Waals surface area contributed by atoms with Crippen molar-refractivity contribution >= 4 is 23.0 Å². The molecule has 168 valence electrons. The summed E-state index contributed by atoms with van der Waals surface area (Å²) < 4.78 is 0. The second-order valence-corrected chi connectivity index (χ2v) is 8.60. The zero-order valence-corrected chi connectivity index (χ0v) is 18.7. The minimum atomic E-state index is -0.380. The van der Waals surface area contributed by atoms with Crippen LogP contribution in [0.5, 0.6) is 0 Å². The first-order valence-electron chi connectivity index (χ1n) is 11.0. The number of hydrogen-bond donors (Lipinski definition) is 4. The molecule has 5 nitrogen and oxygen atoms in total. The summed E-state index contributed by atoms with van der Waals surface area (Å²) in [5.74, 6) is 0.00909.